The Morgan fingerprint density at radius 2 is 2.14 bits per heavy atom. The van der Waals surface area contributed by atoms with Gasteiger partial charge in [-0.15, -0.1) is 11.3 Å². The summed E-state index contributed by atoms with van der Waals surface area (Å²) in [6, 6.07) is 5.39. The van der Waals surface area contributed by atoms with Crippen LogP contribution >= 0.6 is 11.3 Å². The smallest absolute Gasteiger partial charge is 0.260 e. The molecule has 0 amide bonds. The Kier molecular flexibility index (Phi) is 5.60. The minimum absolute atomic E-state index is 0.00831. The molecule has 0 radical (unpaired) electrons. The number of ether oxygens (including phenoxy) is 2. The number of carboxylic acid groups (broad SMARTS) is 1. The summed E-state index contributed by atoms with van der Waals surface area (Å²) in [5.74, 6) is 0.155. The average Bonchev–Trinajstić information content (AvgIpc) is 3.02. The minimum Gasteiger partial charge on any atom is -0.544 e. The quantitative estimate of drug-likeness (QED) is 0.614. The van der Waals surface area contributed by atoms with Gasteiger partial charge in [0.2, 0.25) is 0 Å². The fourth-order valence-corrected chi connectivity index (χ4v) is 3.69. The number of carbonyl (C=O) groups is 1. The van der Waals surface area contributed by atoms with E-state index in [1.807, 2.05) is 6.07 Å². The molecule has 2 aromatic heterocycles. The number of fused-ring (bicyclic) bond motifs is 1. The second kappa shape index (κ2) is 8.10. The number of hydrogen-bond acceptors (Lipinski definition) is 7. The molecule has 28 heavy (non-hydrogen) atoms. The van der Waals surface area contributed by atoms with E-state index >= 15 is 0 Å². The number of carboxylic acids is 1. The number of thiophene rings is 1. The first-order valence-electron chi connectivity index (χ1n) is 8.29. The van der Waals surface area contributed by atoms with E-state index in [9.17, 15) is 14.7 Å². The van der Waals surface area contributed by atoms with Crippen LogP contribution in [-0.2, 0) is 0 Å². The summed E-state index contributed by atoms with van der Waals surface area (Å²) >= 11 is 0.926. The number of methoxy groups -OCH3 is 1. The number of rotatable bonds is 7. The van der Waals surface area contributed by atoms with Crippen LogP contribution < -0.4 is 20.1 Å². The van der Waals surface area contributed by atoms with E-state index in [4.69, 9.17) is 9.47 Å². The maximum atomic E-state index is 12.3. The number of nitrogens with one attached hydrogen (secondary N) is 1. The van der Waals surface area contributed by atoms with Gasteiger partial charge in [0.05, 0.1) is 23.3 Å². The molecule has 0 fully saturated rings. The second-order valence-electron chi connectivity index (χ2n) is 5.82. The lowest BCUT2D eigenvalue weighted by Gasteiger charge is -2.09. The molecule has 2 heterocycles. The zero-order valence-corrected chi connectivity index (χ0v) is 16.1. The summed E-state index contributed by atoms with van der Waals surface area (Å²) in [7, 11) is 1.55. The number of aromatic nitrogens is 2. The molecule has 3 rings (SSSR count). The van der Waals surface area contributed by atoms with Crippen molar-refractivity contribution in [1.29, 1.82) is 0 Å². The van der Waals surface area contributed by atoms with E-state index in [0.717, 1.165) is 16.9 Å². The third-order valence-corrected chi connectivity index (χ3v) is 5.15. The molecule has 0 aliphatic rings. The van der Waals surface area contributed by atoms with Crippen molar-refractivity contribution in [2.75, 3.05) is 13.7 Å². The van der Waals surface area contributed by atoms with Gasteiger partial charge in [0.1, 0.15) is 17.3 Å². The Labute approximate surface area is 164 Å². The van der Waals surface area contributed by atoms with Crippen molar-refractivity contribution in [1.82, 2.24) is 9.97 Å². The number of benzene rings is 1. The molecule has 0 aliphatic heterocycles. The van der Waals surface area contributed by atoms with E-state index in [1.54, 1.807) is 44.4 Å². The molecular weight excluding hydrogens is 380 g/mol. The monoisotopic (exact) mass is 397 g/mol. The number of hydrogen-bond donors (Lipinski definition) is 1. The van der Waals surface area contributed by atoms with Crippen molar-refractivity contribution in [2.45, 2.75) is 6.92 Å². The lowest BCUT2D eigenvalue weighted by molar-refractivity contribution is -0.254. The highest BCUT2D eigenvalue weighted by atomic mass is 32.1. The number of aromatic carboxylic acids is 1. The molecule has 1 aromatic carbocycles. The number of aryl methyl sites for hydroxylation is 1. The molecule has 1 N–H and O–H groups in total. The van der Waals surface area contributed by atoms with Gasteiger partial charge in [-0.25, -0.2) is 4.98 Å². The highest BCUT2D eigenvalue weighted by Gasteiger charge is 2.14. The highest BCUT2D eigenvalue weighted by Crippen LogP contribution is 2.29. The molecule has 3 aromatic rings. The summed E-state index contributed by atoms with van der Waals surface area (Å²) in [6.07, 6.45) is 5.03. The first-order valence-corrected chi connectivity index (χ1v) is 9.10. The molecule has 0 atom stereocenters. The molecule has 8 heteroatoms. The number of H-pyrrole nitrogens is 1. The van der Waals surface area contributed by atoms with Gasteiger partial charge in [-0.2, -0.15) is 0 Å². The Hall–Kier alpha value is -3.39. The maximum Gasteiger partial charge on any atom is 0.260 e. The summed E-state index contributed by atoms with van der Waals surface area (Å²) < 4.78 is 10.8. The first kappa shape index (κ1) is 19.4. The molecule has 0 aliphatic carbocycles. The van der Waals surface area contributed by atoms with Gasteiger partial charge in [-0.05, 0) is 36.3 Å². The summed E-state index contributed by atoms with van der Waals surface area (Å²) in [4.78, 5) is 30.9. The summed E-state index contributed by atoms with van der Waals surface area (Å²) in [5.41, 5.74) is 0.782. The summed E-state index contributed by atoms with van der Waals surface area (Å²) in [5, 5.41) is 11.4. The Balaban J connectivity index is 1.94. The van der Waals surface area contributed by atoms with E-state index < -0.39 is 11.5 Å². The predicted molar refractivity (Wildman–Crippen MR) is 107 cm³/mol. The van der Waals surface area contributed by atoms with E-state index in [1.165, 1.54) is 0 Å². The molecule has 0 spiro atoms. The molecule has 0 unspecified atom stereocenters. The van der Waals surface area contributed by atoms with E-state index in [2.05, 4.69) is 16.5 Å². The van der Waals surface area contributed by atoms with E-state index in [0.29, 0.717) is 34.3 Å². The first-order chi connectivity index (χ1) is 13.4. The average molecular weight is 397 g/mol. The number of aromatic amines is 1. The van der Waals surface area contributed by atoms with Crippen molar-refractivity contribution in [3.63, 3.8) is 0 Å². The van der Waals surface area contributed by atoms with Gasteiger partial charge >= 0.3 is 0 Å². The molecule has 0 saturated heterocycles. The molecular formula is C20H17N2O5S-. The van der Waals surface area contributed by atoms with Crippen LogP contribution in [-0.4, -0.2) is 29.7 Å². The van der Waals surface area contributed by atoms with Crippen LogP contribution in [0.5, 0.6) is 11.5 Å². The SMILES string of the molecule is C=CCOc1ccc(/C=C/c2nc3sc(C(=O)[O-])c(C)c3c(=O)[nH]2)cc1OC. The lowest BCUT2D eigenvalue weighted by atomic mass is 10.2. The van der Waals surface area contributed by atoms with Crippen LogP contribution in [0.4, 0.5) is 0 Å². The third kappa shape index (κ3) is 3.81. The van der Waals surface area contributed by atoms with Crippen LogP contribution in [0.25, 0.3) is 22.4 Å². The zero-order valence-electron chi connectivity index (χ0n) is 15.3. The van der Waals surface area contributed by atoms with Crippen LogP contribution in [0, 0.1) is 6.92 Å². The largest absolute Gasteiger partial charge is 0.544 e. The number of carbonyl (C=O) groups excluding carboxylic acids is 1. The Morgan fingerprint density at radius 3 is 2.82 bits per heavy atom. The normalized spacial score (nSPS) is 11.1. The summed E-state index contributed by atoms with van der Waals surface area (Å²) in [6.45, 7) is 5.54. The van der Waals surface area contributed by atoms with Crippen LogP contribution in [0.15, 0.2) is 35.6 Å². The molecule has 144 valence electrons. The predicted octanol–water partition coefficient (Wildman–Crippen LogP) is 2.40. The van der Waals surface area contributed by atoms with E-state index in [-0.39, 0.29) is 10.3 Å². The molecule has 0 saturated carbocycles. The minimum atomic E-state index is -1.32. The topological polar surface area (TPSA) is 104 Å². The maximum absolute atomic E-state index is 12.3. The van der Waals surface area contributed by atoms with Crippen molar-refractivity contribution >= 4 is 39.7 Å². The fourth-order valence-electron chi connectivity index (χ4n) is 2.67. The Morgan fingerprint density at radius 1 is 1.36 bits per heavy atom. The Bertz CT molecular complexity index is 1140. The van der Waals surface area contributed by atoms with Gasteiger partial charge in [0, 0.05) is 0 Å². The van der Waals surface area contributed by atoms with Gasteiger partial charge < -0.3 is 24.4 Å². The van der Waals surface area contributed by atoms with Gasteiger partial charge in [0.25, 0.3) is 5.56 Å². The van der Waals surface area contributed by atoms with Crippen molar-refractivity contribution in [3.05, 3.63) is 63.0 Å². The van der Waals surface area contributed by atoms with Crippen molar-refractivity contribution in [3.8, 4) is 11.5 Å². The standard InChI is InChI=1S/C20H18N2O5S/c1-4-9-27-13-7-5-12(10-14(13)26-3)6-8-15-21-18(23)16-11(2)17(20(24)25)28-19(16)22-15/h4-8,10H,1,9H2,2-3H3,(H,24,25)(H,21,22,23)/p-1/b8-6+. The van der Waals surface area contributed by atoms with Gasteiger partial charge in [-0.3, -0.25) is 4.79 Å². The van der Waals surface area contributed by atoms with Gasteiger partial charge in [-0.1, -0.05) is 24.8 Å². The van der Waals surface area contributed by atoms with Crippen molar-refractivity contribution in [2.24, 2.45) is 0 Å². The van der Waals surface area contributed by atoms with Crippen molar-refractivity contribution < 1.29 is 19.4 Å². The highest BCUT2D eigenvalue weighted by molar-refractivity contribution is 7.20. The number of nitrogens with zero attached hydrogens (tertiary/aromatic N) is 1. The lowest BCUT2D eigenvalue weighted by Crippen LogP contribution is -2.21. The zero-order chi connectivity index (χ0) is 20.3. The van der Waals surface area contributed by atoms with Crippen LogP contribution in [0.2, 0.25) is 0 Å². The second-order valence-corrected chi connectivity index (χ2v) is 6.82. The molecule has 0 bridgehead atoms. The fraction of sp³-hybridized carbons (Fsp3) is 0.150. The van der Waals surface area contributed by atoms with Crippen LogP contribution in [0.3, 0.4) is 0 Å². The van der Waals surface area contributed by atoms with Crippen LogP contribution in [0.1, 0.15) is 26.6 Å². The molecule has 7 nitrogen and oxygen atoms in total. The third-order valence-electron chi connectivity index (χ3n) is 3.98. The van der Waals surface area contributed by atoms with Gasteiger partial charge in [0.15, 0.2) is 11.5 Å².